The molecule has 0 aliphatic heterocycles. The SMILES string of the molecule is COC(=O)CSc1c(N)cnc2ccccc12. The average molecular weight is 248 g/mol. The lowest BCUT2D eigenvalue weighted by Gasteiger charge is -2.08. The van der Waals surface area contributed by atoms with Crippen LogP contribution in [0.3, 0.4) is 0 Å². The minimum atomic E-state index is -0.268. The van der Waals surface area contributed by atoms with E-state index in [-0.39, 0.29) is 11.7 Å². The molecule has 1 heterocycles. The number of hydrogen-bond donors (Lipinski definition) is 1. The number of pyridine rings is 1. The molecule has 2 aromatic rings. The van der Waals surface area contributed by atoms with Crippen molar-refractivity contribution in [2.24, 2.45) is 0 Å². The molecule has 4 nitrogen and oxygen atoms in total. The summed E-state index contributed by atoms with van der Waals surface area (Å²) in [6.07, 6.45) is 1.61. The van der Waals surface area contributed by atoms with Crippen molar-refractivity contribution >= 4 is 34.3 Å². The number of carbonyl (C=O) groups is 1. The first-order chi connectivity index (χ1) is 8.22. The zero-order chi connectivity index (χ0) is 12.3. The molecule has 0 saturated heterocycles. The summed E-state index contributed by atoms with van der Waals surface area (Å²) in [5, 5.41) is 0.960. The summed E-state index contributed by atoms with van der Waals surface area (Å²) in [6.45, 7) is 0. The van der Waals surface area contributed by atoms with Gasteiger partial charge in [-0.3, -0.25) is 9.78 Å². The largest absolute Gasteiger partial charge is 0.468 e. The number of benzene rings is 1. The third-order valence-corrected chi connectivity index (χ3v) is 3.44. The number of anilines is 1. The zero-order valence-corrected chi connectivity index (χ0v) is 10.2. The number of rotatable bonds is 3. The Morgan fingerprint density at radius 2 is 2.24 bits per heavy atom. The molecule has 0 saturated carbocycles. The van der Waals surface area contributed by atoms with E-state index in [0.717, 1.165) is 15.8 Å². The lowest BCUT2D eigenvalue weighted by molar-refractivity contribution is -0.137. The van der Waals surface area contributed by atoms with Gasteiger partial charge in [-0.25, -0.2) is 0 Å². The van der Waals surface area contributed by atoms with Crippen LogP contribution in [-0.2, 0) is 9.53 Å². The summed E-state index contributed by atoms with van der Waals surface area (Å²) in [5.74, 6) is -0.0235. The second-order valence-corrected chi connectivity index (χ2v) is 4.41. The van der Waals surface area contributed by atoms with Gasteiger partial charge < -0.3 is 10.5 Å². The molecule has 2 rings (SSSR count). The van der Waals surface area contributed by atoms with Gasteiger partial charge in [-0.2, -0.15) is 0 Å². The van der Waals surface area contributed by atoms with Crippen molar-refractivity contribution < 1.29 is 9.53 Å². The van der Waals surface area contributed by atoms with Gasteiger partial charge in [-0.15, -0.1) is 11.8 Å². The Bertz CT molecular complexity index is 557. The first kappa shape index (κ1) is 11.7. The first-order valence-electron chi connectivity index (χ1n) is 5.05. The van der Waals surface area contributed by atoms with Gasteiger partial charge in [0.05, 0.1) is 30.3 Å². The Morgan fingerprint density at radius 1 is 1.47 bits per heavy atom. The third kappa shape index (κ3) is 2.50. The molecule has 1 aromatic heterocycles. The van der Waals surface area contributed by atoms with Crippen molar-refractivity contribution in [2.45, 2.75) is 4.90 Å². The van der Waals surface area contributed by atoms with E-state index < -0.39 is 0 Å². The van der Waals surface area contributed by atoms with E-state index in [2.05, 4.69) is 9.72 Å². The Morgan fingerprint density at radius 3 is 3.00 bits per heavy atom. The second-order valence-electron chi connectivity index (χ2n) is 3.42. The summed E-state index contributed by atoms with van der Waals surface area (Å²) >= 11 is 1.37. The van der Waals surface area contributed by atoms with E-state index in [1.165, 1.54) is 18.9 Å². The van der Waals surface area contributed by atoms with Crippen LogP contribution < -0.4 is 5.73 Å². The fourth-order valence-electron chi connectivity index (χ4n) is 1.48. The molecule has 17 heavy (non-hydrogen) atoms. The van der Waals surface area contributed by atoms with Crippen molar-refractivity contribution in [3.05, 3.63) is 30.5 Å². The number of para-hydroxylation sites is 1. The molecule has 0 spiro atoms. The Kier molecular flexibility index (Phi) is 3.49. The number of fused-ring (bicyclic) bond motifs is 1. The molecule has 0 fully saturated rings. The van der Waals surface area contributed by atoms with E-state index in [0.29, 0.717) is 5.69 Å². The van der Waals surface area contributed by atoms with Crippen LogP contribution in [0.5, 0.6) is 0 Å². The molecule has 0 amide bonds. The summed E-state index contributed by atoms with van der Waals surface area (Å²) in [6, 6.07) is 7.70. The highest BCUT2D eigenvalue weighted by atomic mass is 32.2. The molecule has 5 heteroatoms. The van der Waals surface area contributed by atoms with E-state index >= 15 is 0 Å². The molecule has 88 valence electrons. The topological polar surface area (TPSA) is 65.2 Å². The van der Waals surface area contributed by atoms with Crippen molar-refractivity contribution in [1.29, 1.82) is 0 Å². The molecule has 0 unspecified atom stereocenters. The highest BCUT2D eigenvalue weighted by molar-refractivity contribution is 8.00. The number of carbonyl (C=O) groups excluding carboxylic acids is 1. The maximum Gasteiger partial charge on any atom is 0.315 e. The molecule has 0 bridgehead atoms. The van der Waals surface area contributed by atoms with Crippen LogP contribution in [0.25, 0.3) is 10.9 Å². The van der Waals surface area contributed by atoms with Crippen LogP contribution in [0, 0.1) is 0 Å². The number of nitrogen functional groups attached to an aromatic ring is 1. The number of hydrogen-bond acceptors (Lipinski definition) is 5. The standard InChI is InChI=1S/C12H12N2O2S/c1-16-11(15)7-17-12-8-4-2-3-5-10(8)14-6-9(12)13/h2-6H,7,13H2,1H3. The second kappa shape index (κ2) is 5.05. The van der Waals surface area contributed by atoms with Gasteiger partial charge in [-0.05, 0) is 6.07 Å². The highest BCUT2D eigenvalue weighted by Crippen LogP contribution is 2.31. The number of esters is 1. The number of ether oxygens (including phenoxy) is 1. The van der Waals surface area contributed by atoms with Crippen LogP contribution >= 0.6 is 11.8 Å². The minimum Gasteiger partial charge on any atom is -0.468 e. The van der Waals surface area contributed by atoms with E-state index in [1.807, 2.05) is 24.3 Å². The van der Waals surface area contributed by atoms with Crippen LogP contribution in [0.2, 0.25) is 0 Å². The fraction of sp³-hybridized carbons (Fsp3) is 0.167. The van der Waals surface area contributed by atoms with Gasteiger partial charge >= 0.3 is 5.97 Å². The predicted molar refractivity (Wildman–Crippen MR) is 68.9 cm³/mol. The van der Waals surface area contributed by atoms with Gasteiger partial charge in [0.15, 0.2) is 0 Å². The molecule has 1 aromatic carbocycles. The zero-order valence-electron chi connectivity index (χ0n) is 9.34. The van der Waals surface area contributed by atoms with Crippen molar-refractivity contribution in [3.8, 4) is 0 Å². The molecule has 0 atom stereocenters. The lowest BCUT2D eigenvalue weighted by Crippen LogP contribution is -2.03. The number of nitrogens with zero attached hydrogens (tertiary/aromatic N) is 1. The van der Waals surface area contributed by atoms with Crippen molar-refractivity contribution in [3.63, 3.8) is 0 Å². The smallest absolute Gasteiger partial charge is 0.315 e. The Labute approximate surface area is 103 Å². The normalized spacial score (nSPS) is 10.4. The summed E-state index contributed by atoms with van der Waals surface area (Å²) in [4.78, 5) is 16.2. The summed E-state index contributed by atoms with van der Waals surface area (Å²) in [5.41, 5.74) is 7.33. The summed E-state index contributed by atoms with van der Waals surface area (Å²) < 4.78 is 4.61. The Balaban J connectivity index is 2.37. The van der Waals surface area contributed by atoms with Gasteiger partial charge in [0.25, 0.3) is 0 Å². The maximum absolute atomic E-state index is 11.1. The minimum absolute atomic E-state index is 0.245. The third-order valence-electron chi connectivity index (χ3n) is 2.32. The van der Waals surface area contributed by atoms with Crippen molar-refractivity contribution in [2.75, 3.05) is 18.6 Å². The average Bonchev–Trinajstić information content (AvgIpc) is 2.37. The molecule has 0 aliphatic rings. The van der Waals surface area contributed by atoms with Gasteiger partial charge in [0.2, 0.25) is 0 Å². The van der Waals surface area contributed by atoms with E-state index in [4.69, 9.17) is 5.73 Å². The highest BCUT2D eigenvalue weighted by Gasteiger charge is 2.09. The first-order valence-corrected chi connectivity index (χ1v) is 6.03. The van der Waals surface area contributed by atoms with E-state index in [9.17, 15) is 4.79 Å². The van der Waals surface area contributed by atoms with Crippen LogP contribution in [0.15, 0.2) is 35.4 Å². The number of methoxy groups -OCH3 is 1. The van der Waals surface area contributed by atoms with Crippen LogP contribution in [0.4, 0.5) is 5.69 Å². The number of aromatic nitrogens is 1. The maximum atomic E-state index is 11.1. The fourth-order valence-corrected chi connectivity index (χ4v) is 2.41. The molecule has 0 aliphatic carbocycles. The molecule has 2 N–H and O–H groups in total. The van der Waals surface area contributed by atoms with Gasteiger partial charge in [0, 0.05) is 10.3 Å². The predicted octanol–water partition coefficient (Wildman–Crippen LogP) is 2.08. The van der Waals surface area contributed by atoms with Crippen LogP contribution in [-0.4, -0.2) is 23.8 Å². The summed E-state index contributed by atoms with van der Waals surface area (Å²) in [7, 11) is 1.37. The van der Waals surface area contributed by atoms with Gasteiger partial charge in [0.1, 0.15) is 0 Å². The molecular weight excluding hydrogens is 236 g/mol. The number of nitrogens with two attached hydrogens (primary N) is 1. The monoisotopic (exact) mass is 248 g/mol. The van der Waals surface area contributed by atoms with Crippen molar-refractivity contribution in [1.82, 2.24) is 4.98 Å². The van der Waals surface area contributed by atoms with Gasteiger partial charge in [-0.1, -0.05) is 18.2 Å². The Hall–Kier alpha value is -1.75. The number of thioether (sulfide) groups is 1. The lowest BCUT2D eigenvalue weighted by atomic mass is 10.2. The van der Waals surface area contributed by atoms with E-state index in [1.54, 1.807) is 6.20 Å². The molecule has 0 radical (unpaired) electrons. The van der Waals surface area contributed by atoms with Crippen LogP contribution in [0.1, 0.15) is 0 Å². The molecular formula is C12H12N2O2S. The quantitative estimate of drug-likeness (QED) is 0.665.